The largest absolute Gasteiger partial charge is 0.416 e. The van der Waals surface area contributed by atoms with Crippen LogP contribution in [0.3, 0.4) is 0 Å². The molecule has 1 rings (SSSR count). The van der Waals surface area contributed by atoms with E-state index in [-0.39, 0.29) is 9.79 Å². The fourth-order valence-electron chi connectivity index (χ4n) is 1.64. The van der Waals surface area contributed by atoms with E-state index < -0.39 is 31.3 Å². The maximum Gasteiger partial charge on any atom is 0.192 e. The average molecular weight is 334 g/mol. The zero-order valence-electron chi connectivity index (χ0n) is 17.1. The van der Waals surface area contributed by atoms with Crippen LogP contribution >= 0.6 is 0 Å². The predicted molar refractivity (Wildman–Crippen MR) is 95.8 cm³/mol. The van der Waals surface area contributed by atoms with Gasteiger partial charge in [-0.1, -0.05) is 27.7 Å². The van der Waals surface area contributed by atoms with Crippen LogP contribution in [-0.2, 0) is 15.4 Å². The highest BCUT2D eigenvalue weighted by Gasteiger charge is 2.43. The zero-order chi connectivity index (χ0) is 18.5. The lowest BCUT2D eigenvalue weighted by molar-refractivity contribution is 0.138. The minimum Gasteiger partial charge on any atom is -0.416 e. The molecule has 0 heterocycles. The molecule has 0 saturated heterocycles. The highest BCUT2D eigenvalue weighted by atomic mass is 32.2. The van der Waals surface area contributed by atoms with Crippen LogP contribution < -0.4 is 0 Å². The first-order valence-corrected chi connectivity index (χ1v) is 11.6. The molecule has 1 saturated carbocycles. The van der Waals surface area contributed by atoms with Gasteiger partial charge in [-0.3, -0.25) is 0 Å². The normalized spacial score (nSPS) is 27.6. The summed E-state index contributed by atoms with van der Waals surface area (Å²) in [5.74, 6) is 0. The van der Waals surface area contributed by atoms with Gasteiger partial charge in [0.15, 0.2) is 8.32 Å². The van der Waals surface area contributed by atoms with Gasteiger partial charge in [-0.15, -0.1) is 0 Å². The van der Waals surface area contributed by atoms with E-state index in [0.29, 0.717) is 12.8 Å². The predicted octanol–water partition coefficient (Wildman–Crippen LogP) is 4.71. The van der Waals surface area contributed by atoms with Crippen LogP contribution in [0.2, 0.25) is 18.1 Å². The summed E-state index contributed by atoms with van der Waals surface area (Å²) < 4.78 is 39.0. The number of hydrogen-bond donors (Lipinski definition) is 0. The van der Waals surface area contributed by atoms with Crippen LogP contribution in [-0.4, -0.2) is 29.5 Å². The van der Waals surface area contributed by atoms with Crippen LogP contribution in [0.5, 0.6) is 0 Å². The van der Waals surface area contributed by atoms with Crippen molar-refractivity contribution in [3.63, 3.8) is 0 Å². The van der Waals surface area contributed by atoms with E-state index in [2.05, 4.69) is 38.3 Å². The van der Waals surface area contributed by atoms with Crippen molar-refractivity contribution in [3.8, 4) is 0 Å². The van der Waals surface area contributed by atoms with Gasteiger partial charge in [0.25, 0.3) is 0 Å². The standard InChI is InChI=1S/C16H33NO2SSi/c1-14(2,3)20(18)17-13-10-16(7,11-13)12-19-21(8,9)15(4,5)6/h10-12H2,1-9H3/t16?,20-/m0/s1/i12D2. The molecule has 0 radical (unpaired) electrons. The Morgan fingerprint density at radius 2 is 1.76 bits per heavy atom. The van der Waals surface area contributed by atoms with E-state index in [1.54, 1.807) is 0 Å². The Morgan fingerprint density at radius 3 is 2.14 bits per heavy atom. The molecule has 1 atom stereocenters. The Bertz CT molecular complexity index is 511. The third-order valence-corrected chi connectivity index (χ3v) is 9.98. The molecule has 124 valence electrons. The molecule has 0 aromatic rings. The third kappa shape index (κ3) is 5.00. The minimum atomic E-state index is -2.19. The summed E-state index contributed by atoms with van der Waals surface area (Å²) in [6.07, 6.45) is 1.02. The smallest absolute Gasteiger partial charge is 0.192 e. The molecule has 0 amide bonds. The monoisotopic (exact) mass is 333 g/mol. The lowest BCUT2D eigenvalue weighted by Crippen LogP contribution is -2.47. The van der Waals surface area contributed by atoms with Gasteiger partial charge in [0.1, 0.15) is 11.0 Å². The van der Waals surface area contributed by atoms with E-state index >= 15 is 0 Å². The first kappa shape index (κ1) is 15.9. The molecule has 0 aromatic heterocycles. The summed E-state index contributed by atoms with van der Waals surface area (Å²) in [4.78, 5) is 0. The number of hydrogen-bond acceptors (Lipinski definition) is 2. The van der Waals surface area contributed by atoms with E-state index in [0.717, 1.165) is 5.71 Å². The molecular weight excluding hydrogens is 298 g/mol. The molecule has 0 unspecified atom stereocenters. The van der Waals surface area contributed by atoms with Crippen molar-refractivity contribution >= 4 is 25.0 Å². The van der Waals surface area contributed by atoms with E-state index in [1.807, 2.05) is 27.7 Å². The summed E-state index contributed by atoms with van der Waals surface area (Å²) >= 11 is 0. The van der Waals surface area contributed by atoms with Crippen molar-refractivity contribution in [2.24, 2.45) is 9.81 Å². The lowest BCUT2D eigenvalue weighted by Gasteiger charge is -2.44. The summed E-state index contributed by atoms with van der Waals surface area (Å²) in [6.45, 7) is 16.3. The molecule has 0 bridgehead atoms. The quantitative estimate of drug-likeness (QED) is 0.699. The first-order valence-electron chi connectivity index (χ1n) is 8.60. The Kier molecular flexibility index (Phi) is 4.45. The Hall–Kier alpha value is -0.00312. The molecule has 0 aromatic carbocycles. The van der Waals surface area contributed by atoms with Crippen molar-refractivity contribution in [1.82, 2.24) is 0 Å². The van der Waals surface area contributed by atoms with Crippen LogP contribution in [0.15, 0.2) is 4.40 Å². The van der Waals surface area contributed by atoms with Crippen LogP contribution in [0, 0.1) is 5.41 Å². The molecular formula is C16H33NO2SSi. The topological polar surface area (TPSA) is 38.7 Å². The molecule has 21 heavy (non-hydrogen) atoms. The Morgan fingerprint density at radius 1 is 1.29 bits per heavy atom. The van der Waals surface area contributed by atoms with E-state index in [1.165, 1.54) is 0 Å². The van der Waals surface area contributed by atoms with E-state index in [4.69, 9.17) is 7.17 Å². The molecule has 3 nitrogen and oxygen atoms in total. The van der Waals surface area contributed by atoms with Gasteiger partial charge in [-0.25, -0.2) is 4.21 Å². The molecule has 1 aliphatic carbocycles. The second-order valence-electron chi connectivity index (χ2n) is 8.90. The zero-order valence-corrected chi connectivity index (χ0v) is 16.9. The summed E-state index contributed by atoms with van der Waals surface area (Å²) in [6, 6.07) is 0. The molecule has 1 fully saturated rings. The third-order valence-electron chi connectivity index (χ3n) is 4.28. The summed E-state index contributed by atoms with van der Waals surface area (Å²) in [5, 5.41) is -0.0366. The highest BCUT2D eigenvalue weighted by molar-refractivity contribution is 7.85. The molecule has 0 spiro atoms. The average Bonchev–Trinajstić information content (AvgIpc) is 2.21. The molecule has 0 N–H and O–H groups in total. The van der Waals surface area contributed by atoms with Crippen LogP contribution in [0.1, 0.15) is 64.0 Å². The molecule has 5 heteroatoms. The molecule has 1 aliphatic rings. The maximum absolute atomic E-state index is 12.1. The van der Waals surface area contributed by atoms with Crippen molar-refractivity contribution in [2.45, 2.75) is 84.2 Å². The van der Waals surface area contributed by atoms with Gasteiger partial charge in [0, 0.05) is 17.7 Å². The lowest BCUT2D eigenvalue weighted by atomic mass is 9.70. The first-order chi connectivity index (χ1) is 9.91. The van der Waals surface area contributed by atoms with Crippen LogP contribution in [0.4, 0.5) is 0 Å². The van der Waals surface area contributed by atoms with Crippen molar-refractivity contribution in [1.29, 1.82) is 0 Å². The number of rotatable bonds is 4. The van der Waals surface area contributed by atoms with Gasteiger partial charge < -0.3 is 4.43 Å². The van der Waals surface area contributed by atoms with Gasteiger partial charge in [0.05, 0.1) is 7.49 Å². The van der Waals surface area contributed by atoms with Crippen LogP contribution in [0.25, 0.3) is 0 Å². The van der Waals surface area contributed by atoms with Crippen molar-refractivity contribution in [3.05, 3.63) is 0 Å². The summed E-state index contributed by atoms with van der Waals surface area (Å²) in [5.41, 5.74) is 0.243. The van der Waals surface area contributed by atoms with Crippen molar-refractivity contribution in [2.75, 3.05) is 6.56 Å². The highest BCUT2D eigenvalue weighted by Crippen LogP contribution is 2.43. The molecule has 0 aliphatic heterocycles. The SMILES string of the molecule is [2H]C([2H])(O[Si](C)(C)C(C)(C)C)C1(C)CC(=N[S@@](=O)C(C)(C)C)C1. The van der Waals surface area contributed by atoms with Gasteiger partial charge >= 0.3 is 0 Å². The van der Waals surface area contributed by atoms with Gasteiger partial charge in [0.2, 0.25) is 0 Å². The fraction of sp³-hybridized carbons (Fsp3) is 0.938. The Balaban J connectivity index is 2.85. The van der Waals surface area contributed by atoms with Gasteiger partial charge in [-0.2, -0.15) is 4.40 Å². The number of nitrogens with zero attached hydrogens (tertiary/aromatic N) is 1. The van der Waals surface area contributed by atoms with Gasteiger partial charge in [-0.05, 0) is 51.7 Å². The maximum atomic E-state index is 12.1. The van der Waals surface area contributed by atoms with Crippen molar-refractivity contribution < 1.29 is 11.4 Å². The second-order valence-corrected chi connectivity index (χ2v) is 15.5. The summed E-state index contributed by atoms with van der Waals surface area (Å²) in [7, 11) is -3.47. The fourth-order valence-corrected chi connectivity index (χ4v) is 3.09. The second kappa shape index (κ2) is 5.89. The Labute approximate surface area is 137 Å². The van der Waals surface area contributed by atoms with E-state index in [9.17, 15) is 4.21 Å². The minimum absolute atomic E-state index is 0.0366.